The summed E-state index contributed by atoms with van der Waals surface area (Å²) in [6.07, 6.45) is 4.23. The Kier molecular flexibility index (Phi) is 3.42. The number of rotatable bonds is 4. The monoisotopic (exact) mass is 275 g/mol. The van der Waals surface area contributed by atoms with Gasteiger partial charge in [0.2, 0.25) is 0 Å². The molecule has 1 heteroatoms. The zero-order valence-electron chi connectivity index (χ0n) is 12.7. The third-order valence-electron chi connectivity index (χ3n) is 4.28. The van der Waals surface area contributed by atoms with Gasteiger partial charge in [-0.1, -0.05) is 68.5 Å². The van der Waals surface area contributed by atoms with E-state index in [0.29, 0.717) is 0 Å². The van der Waals surface area contributed by atoms with Gasteiger partial charge in [-0.05, 0) is 17.2 Å². The van der Waals surface area contributed by atoms with Crippen LogP contribution in [0, 0.1) is 0 Å². The zero-order valence-corrected chi connectivity index (χ0v) is 12.7. The van der Waals surface area contributed by atoms with E-state index in [-0.39, 0.29) is 5.41 Å². The van der Waals surface area contributed by atoms with Gasteiger partial charge in [-0.3, -0.25) is 0 Å². The Morgan fingerprint density at radius 3 is 2.38 bits per heavy atom. The Hall–Kier alpha value is -2.28. The van der Waals surface area contributed by atoms with E-state index in [1.807, 2.05) is 6.08 Å². The van der Waals surface area contributed by atoms with Crippen molar-refractivity contribution in [2.24, 2.45) is 0 Å². The van der Waals surface area contributed by atoms with E-state index in [1.54, 1.807) is 0 Å². The van der Waals surface area contributed by atoms with Crippen molar-refractivity contribution in [3.05, 3.63) is 84.6 Å². The lowest BCUT2D eigenvalue weighted by molar-refractivity contribution is 0.642. The standard InChI is InChI=1S/C20H21N/c1-4-14-21-15-18(17-12-8-9-13-19(17)21)20(2,3)16-10-6-5-7-11-16/h4-13,15H,1,14H2,2-3H3. The van der Waals surface area contributed by atoms with Crippen molar-refractivity contribution in [3.8, 4) is 0 Å². The van der Waals surface area contributed by atoms with Crippen LogP contribution in [0.4, 0.5) is 0 Å². The summed E-state index contributed by atoms with van der Waals surface area (Å²) < 4.78 is 2.28. The van der Waals surface area contributed by atoms with Crippen LogP contribution in [0.15, 0.2) is 73.4 Å². The summed E-state index contributed by atoms with van der Waals surface area (Å²) in [6, 6.07) is 19.3. The van der Waals surface area contributed by atoms with Gasteiger partial charge in [0.25, 0.3) is 0 Å². The molecular weight excluding hydrogens is 254 g/mol. The van der Waals surface area contributed by atoms with Gasteiger partial charge in [0.1, 0.15) is 0 Å². The Morgan fingerprint density at radius 2 is 1.67 bits per heavy atom. The summed E-state index contributed by atoms with van der Waals surface area (Å²) >= 11 is 0. The number of para-hydroxylation sites is 1. The van der Waals surface area contributed by atoms with Gasteiger partial charge in [0.05, 0.1) is 0 Å². The first-order valence-electron chi connectivity index (χ1n) is 7.39. The number of nitrogens with zero attached hydrogens (tertiary/aromatic N) is 1. The van der Waals surface area contributed by atoms with Crippen molar-refractivity contribution in [1.82, 2.24) is 4.57 Å². The predicted molar refractivity (Wildman–Crippen MR) is 90.7 cm³/mol. The van der Waals surface area contributed by atoms with Crippen LogP contribution in [-0.4, -0.2) is 4.57 Å². The highest BCUT2D eigenvalue weighted by Gasteiger charge is 2.26. The first kappa shape index (κ1) is 13.7. The lowest BCUT2D eigenvalue weighted by Crippen LogP contribution is -2.18. The molecule has 0 aliphatic rings. The molecule has 0 aliphatic heterocycles. The zero-order chi connectivity index (χ0) is 14.9. The first-order chi connectivity index (χ1) is 10.1. The summed E-state index contributed by atoms with van der Waals surface area (Å²) in [5, 5.41) is 1.33. The molecule has 1 heterocycles. The van der Waals surface area contributed by atoms with Gasteiger partial charge in [0, 0.05) is 29.1 Å². The molecule has 0 N–H and O–H groups in total. The van der Waals surface area contributed by atoms with Gasteiger partial charge in [-0.25, -0.2) is 0 Å². The lowest BCUT2D eigenvalue weighted by Gasteiger charge is -2.25. The second kappa shape index (κ2) is 5.25. The number of aromatic nitrogens is 1. The normalized spacial score (nSPS) is 11.7. The molecule has 3 rings (SSSR count). The lowest BCUT2D eigenvalue weighted by atomic mass is 9.78. The Labute approximate surface area is 126 Å². The molecule has 106 valence electrons. The fourth-order valence-corrected chi connectivity index (χ4v) is 3.05. The van der Waals surface area contributed by atoms with Crippen molar-refractivity contribution in [3.63, 3.8) is 0 Å². The molecule has 3 aromatic rings. The number of hydrogen-bond donors (Lipinski definition) is 0. The molecule has 0 saturated heterocycles. The van der Waals surface area contributed by atoms with Crippen molar-refractivity contribution in [2.45, 2.75) is 25.8 Å². The molecule has 0 radical (unpaired) electrons. The molecule has 0 bridgehead atoms. The fourth-order valence-electron chi connectivity index (χ4n) is 3.05. The van der Waals surface area contributed by atoms with Crippen LogP contribution in [-0.2, 0) is 12.0 Å². The minimum Gasteiger partial charge on any atom is -0.343 e. The summed E-state index contributed by atoms with van der Waals surface area (Å²) in [4.78, 5) is 0. The van der Waals surface area contributed by atoms with Gasteiger partial charge >= 0.3 is 0 Å². The van der Waals surface area contributed by atoms with Crippen LogP contribution >= 0.6 is 0 Å². The summed E-state index contributed by atoms with van der Waals surface area (Å²) in [5.41, 5.74) is 3.96. The molecule has 0 amide bonds. The summed E-state index contributed by atoms with van der Waals surface area (Å²) in [5.74, 6) is 0. The van der Waals surface area contributed by atoms with Crippen LogP contribution in [0.25, 0.3) is 10.9 Å². The maximum absolute atomic E-state index is 3.87. The van der Waals surface area contributed by atoms with Gasteiger partial charge in [-0.2, -0.15) is 0 Å². The number of allylic oxidation sites excluding steroid dienone is 1. The van der Waals surface area contributed by atoms with E-state index in [2.05, 4.69) is 85.8 Å². The number of fused-ring (bicyclic) bond motifs is 1. The number of hydrogen-bond acceptors (Lipinski definition) is 0. The second-order valence-corrected chi connectivity index (χ2v) is 5.99. The van der Waals surface area contributed by atoms with Crippen molar-refractivity contribution >= 4 is 10.9 Å². The van der Waals surface area contributed by atoms with Crippen molar-refractivity contribution < 1.29 is 0 Å². The quantitative estimate of drug-likeness (QED) is 0.580. The fraction of sp³-hybridized carbons (Fsp3) is 0.200. The first-order valence-corrected chi connectivity index (χ1v) is 7.39. The topological polar surface area (TPSA) is 4.93 Å². The summed E-state index contributed by atoms with van der Waals surface area (Å²) in [6.45, 7) is 9.30. The molecule has 0 saturated carbocycles. The molecule has 0 fully saturated rings. The Bertz CT molecular complexity index is 763. The van der Waals surface area contributed by atoms with Crippen molar-refractivity contribution in [2.75, 3.05) is 0 Å². The average Bonchev–Trinajstić information content (AvgIpc) is 2.88. The van der Waals surface area contributed by atoms with Crippen LogP contribution < -0.4 is 0 Å². The van der Waals surface area contributed by atoms with Gasteiger partial charge in [0.15, 0.2) is 0 Å². The Balaban J connectivity index is 2.22. The molecule has 0 spiro atoms. The molecule has 0 unspecified atom stereocenters. The minimum absolute atomic E-state index is 0.0206. The van der Waals surface area contributed by atoms with Gasteiger partial charge < -0.3 is 4.57 Å². The van der Waals surface area contributed by atoms with E-state index in [9.17, 15) is 0 Å². The highest BCUT2D eigenvalue weighted by molar-refractivity contribution is 5.85. The third-order valence-corrected chi connectivity index (χ3v) is 4.28. The van der Waals surface area contributed by atoms with Crippen LogP contribution in [0.2, 0.25) is 0 Å². The maximum atomic E-state index is 3.87. The van der Waals surface area contributed by atoms with E-state index in [4.69, 9.17) is 0 Å². The smallest absolute Gasteiger partial charge is 0.0486 e. The highest BCUT2D eigenvalue weighted by Crippen LogP contribution is 2.37. The second-order valence-electron chi connectivity index (χ2n) is 5.99. The number of benzene rings is 2. The average molecular weight is 275 g/mol. The van der Waals surface area contributed by atoms with Crippen molar-refractivity contribution in [1.29, 1.82) is 0 Å². The van der Waals surface area contributed by atoms with E-state index in [1.165, 1.54) is 22.0 Å². The largest absolute Gasteiger partial charge is 0.343 e. The molecule has 1 aromatic heterocycles. The summed E-state index contributed by atoms with van der Waals surface area (Å²) in [7, 11) is 0. The van der Waals surface area contributed by atoms with E-state index in [0.717, 1.165) is 6.54 Å². The van der Waals surface area contributed by atoms with E-state index < -0.39 is 0 Å². The minimum atomic E-state index is -0.0206. The van der Waals surface area contributed by atoms with E-state index >= 15 is 0 Å². The molecule has 0 atom stereocenters. The van der Waals surface area contributed by atoms with Crippen LogP contribution in [0.5, 0.6) is 0 Å². The van der Waals surface area contributed by atoms with Crippen LogP contribution in [0.3, 0.4) is 0 Å². The highest BCUT2D eigenvalue weighted by atomic mass is 15.0. The SMILES string of the molecule is C=CCn1cc(C(C)(C)c2ccccc2)c2ccccc21. The van der Waals surface area contributed by atoms with Crippen LogP contribution in [0.1, 0.15) is 25.0 Å². The molecule has 1 nitrogen and oxygen atoms in total. The third kappa shape index (κ3) is 2.29. The maximum Gasteiger partial charge on any atom is 0.0486 e. The predicted octanol–water partition coefficient (Wildman–Crippen LogP) is 5.15. The Morgan fingerprint density at radius 1 is 1.00 bits per heavy atom. The molecule has 21 heavy (non-hydrogen) atoms. The molecule has 2 aromatic carbocycles. The van der Waals surface area contributed by atoms with Gasteiger partial charge in [-0.15, -0.1) is 6.58 Å². The molecular formula is C20H21N. The molecule has 0 aliphatic carbocycles.